The number of ether oxygens (including phenoxy) is 3. The van der Waals surface area contributed by atoms with Crippen molar-refractivity contribution in [3.8, 4) is 17.2 Å². The Labute approximate surface area is 257 Å². The second-order valence-corrected chi connectivity index (χ2v) is 11.6. The Morgan fingerprint density at radius 2 is 1.78 bits per heavy atom. The minimum absolute atomic E-state index is 0.164. The third-order valence-corrected chi connectivity index (χ3v) is 8.20. The Morgan fingerprint density at radius 1 is 0.956 bits per heavy atom. The summed E-state index contributed by atoms with van der Waals surface area (Å²) in [6, 6.07) is 18.5. The fourth-order valence-corrected chi connectivity index (χ4v) is 5.52. The lowest BCUT2D eigenvalue weighted by atomic mass is 10.1. The molecule has 45 heavy (non-hydrogen) atoms. The lowest BCUT2D eigenvalue weighted by molar-refractivity contribution is -0.131. The molecule has 3 amide bonds. The number of oxazole rings is 1. The molecule has 4 bridgehead atoms. The molecule has 2 N–H and O–H groups in total. The summed E-state index contributed by atoms with van der Waals surface area (Å²) in [5.41, 5.74) is 2.08. The summed E-state index contributed by atoms with van der Waals surface area (Å²) >= 11 is 0. The summed E-state index contributed by atoms with van der Waals surface area (Å²) in [6.45, 7) is 0.736. The number of amides is 3. The topological polar surface area (TPSA) is 141 Å². The van der Waals surface area contributed by atoms with Gasteiger partial charge in [0, 0.05) is 24.7 Å². The molecule has 4 aliphatic rings. The van der Waals surface area contributed by atoms with Crippen molar-refractivity contribution in [2.24, 2.45) is 5.92 Å². The predicted molar refractivity (Wildman–Crippen MR) is 161 cm³/mol. The highest BCUT2D eigenvalue weighted by Gasteiger charge is 2.38. The third kappa shape index (κ3) is 6.49. The molecular formula is C33H32N4O8. The van der Waals surface area contributed by atoms with Crippen molar-refractivity contribution in [1.29, 1.82) is 0 Å². The molecule has 1 aromatic heterocycles. The van der Waals surface area contributed by atoms with E-state index >= 15 is 0 Å². The number of fused-ring (bicyclic) bond motifs is 8. The van der Waals surface area contributed by atoms with Crippen molar-refractivity contribution in [3.63, 3.8) is 0 Å². The van der Waals surface area contributed by atoms with Gasteiger partial charge in [-0.25, -0.2) is 4.79 Å². The van der Waals surface area contributed by atoms with Gasteiger partial charge in [-0.3, -0.25) is 19.0 Å². The summed E-state index contributed by atoms with van der Waals surface area (Å²) < 4.78 is 24.6. The quantitative estimate of drug-likeness (QED) is 0.350. The second-order valence-electron chi connectivity index (χ2n) is 11.6. The van der Waals surface area contributed by atoms with Crippen LogP contribution in [0.3, 0.4) is 0 Å². The normalized spacial score (nSPS) is 20.0. The van der Waals surface area contributed by atoms with Gasteiger partial charge in [0.15, 0.2) is 12.2 Å². The van der Waals surface area contributed by atoms with Gasteiger partial charge in [-0.05, 0) is 60.7 Å². The number of benzene rings is 3. The van der Waals surface area contributed by atoms with Crippen LogP contribution in [-0.4, -0.2) is 65.6 Å². The molecule has 1 saturated carbocycles. The molecule has 12 heteroatoms. The molecule has 4 aromatic rings. The fourth-order valence-electron chi connectivity index (χ4n) is 5.52. The zero-order valence-corrected chi connectivity index (χ0v) is 24.4. The molecule has 232 valence electrons. The summed E-state index contributed by atoms with van der Waals surface area (Å²) in [7, 11) is 0. The van der Waals surface area contributed by atoms with E-state index in [2.05, 4.69) is 10.6 Å². The largest absolute Gasteiger partial charge is 0.493 e. The van der Waals surface area contributed by atoms with Crippen molar-refractivity contribution in [2.45, 2.75) is 38.1 Å². The molecule has 0 unspecified atom stereocenters. The number of aromatic nitrogens is 1. The third-order valence-electron chi connectivity index (χ3n) is 8.20. The number of hydrogen-bond donors (Lipinski definition) is 2. The molecule has 4 heterocycles. The Hall–Kier alpha value is -5.26. The Kier molecular flexibility index (Phi) is 7.62. The minimum Gasteiger partial charge on any atom is -0.493 e. The number of rotatable bonds is 5. The number of para-hydroxylation sites is 2. The number of nitrogens with zero attached hydrogens (tertiary/aromatic N) is 2. The summed E-state index contributed by atoms with van der Waals surface area (Å²) in [4.78, 5) is 53.8. The van der Waals surface area contributed by atoms with Gasteiger partial charge < -0.3 is 34.2 Å². The van der Waals surface area contributed by atoms with Gasteiger partial charge in [0.05, 0.1) is 24.7 Å². The summed E-state index contributed by atoms with van der Waals surface area (Å²) in [6.07, 6.45) is 1.63. The Morgan fingerprint density at radius 3 is 2.60 bits per heavy atom. The smallest absolute Gasteiger partial charge is 0.420 e. The van der Waals surface area contributed by atoms with Crippen molar-refractivity contribution >= 4 is 28.8 Å². The fraction of sp³-hybridized carbons (Fsp3) is 0.333. The van der Waals surface area contributed by atoms with Gasteiger partial charge in [-0.2, -0.15) is 0 Å². The van der Waals surface area contributed by atoms with Crippen LogP contribution in [0.1, 0.15) is 28.8 Å². The molecule has 0 spiro atoms. The minimum atomic E-state index is -0.618. The first-order valence-corrected chi connectivity index (χ1v) is 15.0. The lowest BCUT2D eigenvalue weighted by Crippen LogP contribution is -2.45. The van der Waals surface area contributed by atoms with Crippen LogP contribution in [0.5, 0.6) is 17.2 Å². The van der Waals surface area contributed by atoms with Crippen LogP contribution in [0.15, 0.2) is 75.9 Å². The molecule has 1 saturated heterocycles. The monoisotopic (exact) mass is 612 g/mol. The summed E-state index contributed by atoms with van der Waals surface area (Å²) in [5, 5.41) is 5.87. The molecule has 1 aliphatic carbocycles. The number of carbonyl (C=O) groups excluding carboxylic acids is 3. The Bertz CT molecular complexity index is 1810. The standard InChI is InChI=1S/C33H32N4O8/c38-30-19-43-25-12-22(11-24(13-25)42-18-21-5-6-21)32(40)35-26-15-36(16-29(26)44-23-9-7-20(8-10-23)14-34-30)31(39)17-37-27-3-1-2-4-28(27)45-33(37)41/h1-4,7-13,21,26,29H,5-6,14-19H2,(H,34,38)(H,35,40)/t26-,29-/m0/s1. The van der Waals surface area contributed by atoms with Gasteiger partial charge in [0.2, 0.25) is 5.91 Å². The molecule has 2 atom stereocenters. The molecule has 0 radical (unpaired) electrons. The maximum absolute atomic E-state index is 13.7. The lowest BCUT2D eigenvalue weighted by Gasteiger charge is -2.21. The van der Waals surface area contributed by atoms with E-state index < -0.39 is 23.8 Å². The first-order valence-electron chi connectivity index (χ1n) is 15.0. The zero-order chi connectivity index (χ0) is 30.9. The number of hydrogen-bond acceptors (Lipinski definition) is 8. The average molecular weight is 613 g/mol. The van der Waals surface area contributed by atoms with E-state index in [9.17, 15) is 19.2 Å². The van der Waals surface area contributed by atoms with Crippen molar-refractivity contribution in [3.05, 3.63) is 88.4 Å². The van der Waals surface area contributed by atoms with Gasteiger partial charge in [-0.1, -0.05) is 24.3 Å². The van der Waals surface area contributed by atoms with E-state index in [0.717, 1.165) is 18.4 Å². The van der Waals surface area contributed by atoms with Gasteiger partial charge in [0.1, 0.15) is 29.9 Å². The Balaban J connectivity index is 1.16. The first kappa shape index (κ1) is 28.5. The van der Waals surface area contributed by atoms with Crippen LogP contribution < -0.4 is 30.6 Å². The highest BCUT2D eigenvalue weighted by Crippen LogP contribution is 2.31. The highest BCUT2D eigenvalue weighted by atomic mass is 16.5. The van der Waals surface area contributed by atoms with Crippen molar-refractivity contribution in [2.75, 3.05) is 26.3 Å². The van der Waals surface area contributed by atoms with Crippen LogP contribution in [0.4, 0.5) is 0 Å². The van der Waals surface area contributed by atoms with Gasteiger partial charge in [0.25, 0.3) is 11.8 Å². The van der Waals surface area contributed by atoms with Crippen LogP contribution in [-0.2, 0) is 22.7 Å². The SMILES string of the molecule is O=C1COc2cc(OCC3CC3)cc(c2)C(=O)N[C@H]2CN(C(=O)Cn3c(=O)oc4ccccc43)C[C@@H]2Oc2ccc(cc2)CN1. The molecular weight excluding hydrogens is 580 g/mol. The van der Waals surface area contributed by atoms with E-state index in [0.29, 0.717) is 47.4 Å². The van der Waals surface area contributed by atoms with Crippen LogP contribution in [0, 0.1) is 5.92 Å². The van der Waals surface area contributed by atoms with E-state index in [1.54, 1.807) is 59.5 Å². The number of nitrogens with one attached hydrogen (secondary N) is 2. The van der Waals surface area contributed by atoms with Gasteiger partial charge >= 0.3 is 5.76 Å². The number of carbonyl (C=O) groups is 3. The maximum atomic E-state index is 13.7. The summed E-state index contributed by atoms with van der Waals surface area (Å²) in [5.74, 6) is 0.188. The van der Waals surface area contributed by atoms with E-state index in [1.807, 2.05) is 12.1 Å². The molecule has 8 rings (SSSR count). The van der Waals surface area contributed by atoms with Crippen LogP contribution >= 0.6 is 0 Å². The van der Waals surface area contributed by atoms with E-state index in [4.69, 9.17) is 18.6 Å². The average Bonchev–Trinajstić information content (AvgIpc) is 3.72. The first-order chi connectivity index (χ1) is 21.9. The maximum Gasteiger partial charge on any atom is 0.420 e. The zero-order valence-electron chi connectivity index (χ0n) is 24.4. The van der Waals surface area contributed by atoms with Gasteiger partial charge in [-0.15, -0.1) is 0 Å². The van der Waals surface area contributed by atoms with E-state index in [1.165, 1.54) is 4.57 Å². The second kappa shape index (κ2) is 12.0. The van der Waals surface area contributed by atoms with E-state index in [-0.39, 0.29) is 43.6 Å². The molecule has 3 aromatic carbocycles. The van der Waals surface area contributed by atoms with Crippen molar-refractivity contribution < 1.29 is 33.0 Å². The van der Waals surface area contributed by atoms with Crippen LogP contribution in [0.2, 0.25) is 0 Å². The predicted octanol–water partition coefficient (Wildman–Crippen LogP) is 2.48. The molecule has 12 nitrogen and oxygen atoms in total. The highest BCUT2D eigenvalue weighted by molar-refractivity contribution is 5.95. The van der Waals surface area contributed by atoms with Crippen LogP contribution in [0.25, 0.3) is 11.1 Å². The molecule has 3 aliphatic heterocycles. The molecule has 2 fully saturated rings. The van der Waals surface area contributed by atoms with Crippen molar-refractivity contribution in [1.82, 2.24) is 20.1 Å². The number of likely N-dealkylation sites (tertiary alicyclic amines) is 1.